The minimum Gasteiger partial charge on any atom is -0.310 e. The molecule has 0 amide bonds. The van der Waals surface area contributed by atoms with Crippen LogP contribution in [-0.4, -0.2) is 4.57 Å². The van der Waals surface area contributed by atoms with E-state index in [1.807, 2.05) is 11.3 Å². The van der Waals surface area contributed by atoms with Crippen molar-refractivity contribution >= 4 is 91.9 Å². The van der Waals surface area contributed by atoms with Gasteiger partial charge in [-0.15, -0.1) is 11.3 Å². The fourth-order valence-electron chi connectivity index (χ4n) is 9.06. The highest BCUT2D eigenvalue weighted by Gasteiger charge is 2.27. The second-order valence-corrected chi connectivity index (χ2v) is 15.2. The normalized spacial score (nSPS) is 12.2. The molecular weight excluding hydrogens is 661 g/mol. The molecule has 0 radical (unpaired) electrons. The van der Waals surface area contributed by atoms with Gasteiger partial charge < -0.3 is 9.47 Å². The van der Waals surface area contributed by atoms with Gasteiger partial charge in [-0.05, 0) is 117 Å². The van der Waals surface area contributed by atoms with E-state index in [1.54, 1.807) is 0 Å². The second kappa shape index (κ2) is 10.9. The SMILES string of the molecule is c1ccc(-n2c3ccccc3c3cc(N(c4ccc5c(c4)-c4cccc6cc7ccccc7c-5c46)c4cccc5sc6ccccc6c45)ccc32)cc1. The highest BCUT2D eigenvalue weighted by molar-refractivity contribution is 7.26. The van der Waals surface area contributed by atoms with Crippen LogP contribution < -0.4 is 4.90 Å². The maximum atomic E-state index is 2.50. The number of fused-ring (bicyclic) bond motifs is 11. The first-order chi connectivity index (χ1) is 26.3. The molecule has 0 saturated heterocycles. The largest absolute Gasteiger partial charge is 0.310 e. The van der Waals surface area contributed by atoms with Gasteiger partial charge in [0.1, 0.15) is 0 Å². The summed E-state index contributed by atoms with van der Waals surface area (Å²) in [6.45, 7) is 0. The van der Waals surface area contributed by atoms with Crippen molar-refractivity contribution in [2.75, 3.05) is 4.90 Å². The number of thiophene rings is 1. The smallest absolute Gasteiger partial charge is 0.0554 e. The number of benzene rings is 9. The van der Waals surface area contributed by atoms with Crippen molar-refractivity contribution in [3.63, 3.8) is 0 Å². The Labute approximate surface area is 310 Å². The third kappa shape index (κ3) is 4.08. The van der Waals surface area contributed by atoms with Gasteiger partial charge in [0, 0.05) is 48.0 Å². The van der Waals surface area contributed by atoms with Crippen molar-refractivity contribution in [2.24, 2.45) is 0 Å². The van der Waals surface area contributed by atoms with Crippen LogP contribution in [0, 0.1) is 0 Å². The van der Waals surface area contributed by atoms with E-state index in [4.69, 9.17) is 0 Å². The van der Waals surface area contributed by atoms with Crippen LogP contribution in [0.3, 0.4) is 0 Å². The number of para-hydroxylation sites is 2. The zero-order valence-electron chi connectivity index (χ0n) is 28.6. The predicted octanol–water partition coefficient (Wildman–Crippen LogP) is 14.6. The Morgan fingerprint density at radius 1 is 0.396 bits per heavy atom. The minimum atomic E-state index is 1.13. The molecule has 246 valence electrons. The van der Waals surface area contributed by atoms with Crippen LogP contribution in [0.4, 0.5) is 17.1 Å². The molecule has 2 heterocycles. The molecule has 12 rings (SSSR count). The van der Waals surface area contributed by atoms with Crippen LogP contribution in [0.15, 0.2) is 182 Å². The first kappa shape index (κ1) is 29.0. The van der Waals surface area contributed by atoms with Crippen molar-refractivity contribution in [3.05, 3.63) is 182 Å². The highest BCUT2D eigenvalue weighted by Crippen LogP contribution is 2.53. The molecule has 9 aromatic carbocycles. The van der Waals surface area contributed by atoms with E-state index < -0.39 is 0 Å². The average Bonchev–Trinajstić information content (AvgIpc) is 3.87. The minimum absolute atomic E-state index is 1.13. The van der Waals surface area contributed by atoms with Gasteiger partial charge in [-0.25, -0.2) is 0 Å². The van der Waals surface area contributed by atoms with Crippen LogP contribution in [0.5, 0.6) is 0 Å². The molecule has 0 bridgehead atoms. The molecule has 0 spiro atoms. The number of anilines is 3. The van der Waals surface area contributed by atoms with Crippen LogP contribution in [0.25, 0.3) is 91.5 Å². The molecule has 1 aliphatic carbocycles. The molecule has 2 nitrogen and oxygen atoms in total. The van der Waals surface area contributed by atoms with Gasteiger partial charge in [0.05, 0.1) is 16.7 Å². The Morgan fingerprint density at radius 3 is 2.02 bits per heavy atom. The molecule has 3 heteroatoms. The summed E-state index contributed by atoms with van der Waals surface area (Å²) in [4.78, 5) is 2.50. The standard InChI is InChI=1S/C50H30N2S/c1-2-14-33(15-3-1)52-43-20-8-6-17-37(43)42-30-35(25-27-44(42)52)51(45-21-11-23-47-50(45)40-18-7-9-22-46(40)53-47)34-24-26-39-41(29-34)38-19-10-13-32-28-31-12-4-5-16-36(31)49(39)48(32)38/h1-30H. The zero-order chi connectivity index (χ0) is 34.6. The van der Waals surface area contributed by atoms with Gasteiger partial charge in [0.25, 0.3) is 0 Å². The summed E-state index contributed by atoms with van der Waals surface area (Å²) in [5.74, 6) is 0. The number of rotatable bonds is 4. The lowest BCUT2D eigenvalue weighted by Gasteiger charge is -2.27. The molecule has 1 aliphatic rings. The third-order valence-electron chi connectivity index (χ3n) is 11.3. The van der Waals surface area contributed by atoms with E-state index in [9.17, 15) is 0 Å². The maximum absolute atomic E-state index is 2.50. The number of hydrogen-bond donors (Lipinski definition) is 0. The summed E-state index contributed by atoms with van der Waals surface area (Å²) in [5, 5.41) is 10.3. The van der Waals surface area contributed by atoms with Crippen LogP contribution in [-0.2, 0) is 0 Å². The molecule has 53 heavy (non-hydrogen) atoms. The molecule has 0 atom stereocenters. The first-order valence-corrected chi connectivity index (χ1v) is 19.0. The lowest BCUT2D eigenvalue weighted by Crippen LogP contribution is -2.10. The van der Waals surface area contributed by atoms with E-state index in [0.29, 0.717) is 0 Å². The topological polar surface area (TPSA) is 8.17 Å². The molecular formula is C50H30N2S. The van der Waals surface area contributed by atoms with E-state index in [0.717, 1.165) is 17.1 Å². The molecule has 0 fully saturated rings. The maximum Gasteiger partial charge on any atom is 0.0554 e. The average molecular weight is 691 g/mol. The number of hydrogen-bond acceptors (Lipinski definition) is 2. The van der Waals surface area contributed by atoms with Crippen molar-refractivity contribution in [1.29, 1.82) is 0 Å². The van der Waals surface area contributed by atoms with Gasteiger partial charge in [0.2, 0.25) is 0 Å². The van der Waals surface area contributed by atoms with Crippen molar-refractivity contribution in [3.8, 4) is 27.9 Å². The third-order valence-corrected chi connectivity index (χ3v) is 12.4. The molecule has 0 saturated carbocycles. The van der Waals surface area contributed by atoms with Crippen LogP contribution in [0.1, 0.15) is 0 Å². The Bertz CT molecular complexity index is 3290. The van der Waals surface area contributed by atoms with Crippen molar-refractivity contribution in [1.82, 2.24) is 4.57 Å². The molecule has 0 N–H and O–H groups in total. The molecule has 0 unspecified atom stereocenters. The monoisotopic (exact) mass is 690 g/mol. The van der Waals surface area contributed by atoms with Gasteiger partial charge in [-0.2, -0.15) is 0 Å². The van der Waals surface area contributed by atoms with Crippen molar-refractivity contribution in [2.45, 2.75) is 0 Å². The Balaban J connectivity index is 1.15. The summed E-state index contributed by atoms with van der Waals surface area (Å²) in [5.41, 5.74) is 12.3. The van der Waals surface area contributed by atoms with E-state index in [1.165, 1.54) is 91.5 Å². The fraction of sp³-hybridized carbons (Fsp3) is 0. The predicted molar refractivity (Wildman–Crippen MR) is 228 cm³/mol. The van der Waals surface area contributed by atoms with Gasteiger partial charge in [-0.3, -0.25) is 0 Å². The Morgan fingerprint density at radius 2 is 1.09 bits per heavy atom. The van der Waals surface area contributed by atoms with E-state index >= 15 is 0 Å². The Hall–Kier alpha value is -6.68. The number of aromatic nitrogens is 1. The highest BCUT2D eigenvalue weighted by atomic mass is 32.1. The molecule has 0 aliphatic heterocycles. The molecule has 11 aromatic rings. The van der Waals surface area contributed by atoms with Gasteiger partial charge in [-0.1, -0.05) is 109 Å². The van der Waals surface area contributed by atoms with E-state index in [-0.39, 0.29) is 0 Å². The van der Waals surface area contributed by atoms with Crippen LogP contribution in [0.2, 0.25) is 0 Å². The summed E-state index contributed by atoms with van der Waals surface area (Å²) in [7, 11) is 0. The van der Waals surface area contributed by atoms with E-state index in [2.05, 4.69) is 191 Å². The lowest BCUT2D eigenvalue weighted by molar-refractivity contribution is 1.18. The lowest BCUT2D eigenvalue weighted by atomic mass is 9.96. The Kier molecular flexibility index (Phi) is 5.96. The quantitative estimate of drug-likeness (QED) is 0.167. The fourth-order valence-corrected chi connectivity index (χ4v) is 10.2. The van der Waals surface area contributed by atoms with Crippen molar-refractivity contribution < 1.29 is 0 Å². The molecule has 2 aromatic heterocycles. The number of nitrogens with zero attached hydrogens (tertiary/aromatic N) is 2. The summed E-state index contributed by atoms with van der Waals surface area (Å²) < 4.78 is 4.99. The summed E-state index contributed by atoms with van der Waals surface area (Å²) in [6.07, 6.45) is 0. The summed E-state index contributed by atoms with van der Waals surface area (Å²) in [6, 6.07) is 67.2. The first-order valence-electron chi connectivity index (χ1n) is 18.2. The second-order valence-electron chi connectivity index (χ2n) is 14.1. The zero-order valence-corrected chi connectivity index (χ0v) is 29.4. The summed E-state index contributed by atoms with van der Waals surface area (Å²) >= 11 is 1.87. The van der Waals surface area contributed by atoms with Gasteiger partial charge >= 0.3 is 0 Å². The van der Waals surface area contributed by atoms with Crippen LogP contribution >= 0.6 is 11.3 Å². The van der Waals surface area contributed by atoms with Gasteiger partial charge in [0.15, 0.2) is 0 Å².